The van der Waals surface area contributed by atoms with Gasteiger partial charge in [0.1, 0.15) is 11.5 Å². The molecule has 0 saturated heterocycles. The molecule has 2 rings (SSSR count). The number of carboxylic acid groups (broad SMARTS) is 1. The predicted octanol–water partition coefficient (Wildman–Crippen LogP) is 3.70. The van der Waals surface area contributed by atoms with Crippen LogP contribution < -0.4 is 9.47 Å². The van der Waals surface area contributed by atoms with Crippen LogP contribution in [0.1, 0.15) is 37.0 Å². The molecule has 24 heavy (non-hydrogen) atoms. The molecule has 2 aromatic rings. The quantitative estimate of drug-likeness (QED) is 0.825. The van der Waals surface area contributed by atoms with Crippen molar-refractivity contribution in [1.29, 1.82) is 0 Å². The lowest BCUT2D eigenvalue weighted by Crippen LogP contribution is -2.14. The number of hydrogen-bond acceptors (Lipinski definition) is 5. The summed E-state index contributed by atoms with van der Waals surface area (Å²) in [5.41, 5.74) is 1.63. The normalized spacial score (nSPS) is 11.3. The summed E-state index contributed by atoms with van der Waals surface area (Å²) in [6, 6.07) is 5.82. The van der Waals surface area contributed by atoms with Gasteiger partial charge < -0.3 is 14.6 Å². The van der Waals surface area contributed by atoms with E-state index < -0.39 is 5.97 Å². The van der Waals surface area contributed by atoms with Gasteiger partial charge in [0.05, 0.1) is 30.8 Å². The van der Waals surface area contributed by atoms with Crippen molar-refractivity contribution in [2.24, 2.45) is 0 Å². The zero-order chi connectivity index (χ0) is 17.7. The van der Waals surface area contributed by atoms with Gasteiger partial charge in [0.25, 0.3) is 0 Å². The van der Waals surface area contributed by atoms with Gasteiger partial charge in [0, 0.05) is 17.4 Å². The van der Waals surface area contributed by atoms with Gasteiger partial charge in [-0.1, -0.05) is 20.8 Å². The zero-order valence-corrected chi connectivity index (χ0v) is 15.3. The van der Waals surface area contributed by atoms with E-state index in [4.69, 9.17) is 14.6 Å². The molecular weight excluding hydrogens is 326 g/mol. The Morgan fingerprint density at radius 3 is 2.71 bits per heavy atom. The minimum atomic E-state index is -0.865. The fourth-order valence-corrected chi connectivity index (χ4v) is 3.08. The van der Waals surface area contributed by atoms with Gasteiger partial charge in [0.2, 0.25) is 0 Å². The fourth-order valence-electron chi connectivity index (χ4n) is 2.30. The third-order valence-corrected chi connectivity index (χ3v) is 4.46. The lowest BCUT2D eigenvalue weighted by molar-refractivity contribution is -0.136. The molecule has 6 heteroatoms. The summed E-state index contributed by atoms with van der Waals surface area (Å²) in [4.78, 5) is 15.0. The van der Waals surface area contributed by atoms with Gasteiger partial charge in [0.15, 0.2) is 0 Å². The zero-order valence-electron chi connectivity index (χ0n) is 14.5. The van der Waals surface area contributed by atoms with E-state index >= 15 is 0 Å². The number of hydrogen-bond donors (Lipinski definition) is 1. The maximum absolute atomic E-state index is 10.7. The van der Waals surface area contributed by atoms with E-state index in [0.29, 0.717) is 18.7 Å². The Labute approximate surface area is 146 Å². The number of nitrogens with zero attached hydrogens (tertiary/aromatic N) is 1. The van der Waals surface area contributed by atoms with E-state index in [1.54, 1.807) is 12.5 Å². The van der Waals surface area contributed by atoms with Crippen molar-refractivity contribution in [3.05, 3.63) is 39.8 Å². The molecule has 0 fully saturated rings. The molecule has 0 unspecified atom stereocenters. The Bertz CT molecular complexity index is 703. The number of thiazole rings is 1. The molecule has 0 amide bonds. The first-order valence-corrected chi connectivity index (χ1v) is 8.64. The number of methoxy groups -OCH3 is 1. The molecule has 0 aliphatic carbocycles. The van der Waals surface area contributed by atoms with Gasteiger partial charge >= 0.3 is 5.97 Å². The summed E-state index contributed by atoms with van der Waals surface area (Å²) in [5.74, 6) is 0.785. The van der Waals surface area contributed by atoms with Crippen molar-refractivity contribution in [2.75, 3.05) is 13.7 Å². The minimum absolute atomic E-state index is 0.0377. The van der Waals surface area contributed by atoms with Gasteiger partial charge in [-0.25, -0.2) is 4.98 Å². The molecule has 1 aromatic heterocycles. The van der Waals surface area contributed by atoms with Crippen LogP contribution in [0.3, 0.4) is 0 Å². The second-order valence-corrected chi connectivity index (χ2v) is 7.46. The second-order valence-electron chi connectivity index (χ2n) is 6.51. The summed E-state index contributed by atoms with van der Waals surface area (Å²) in [7, 11) is 1.65. The molecular formula is C18H23NO4S. The van der Waals surface area contributed by atoms with Crippen molar-refractivity contribution in [1.82, 2.24) is 4.98 Å². The first kappa shape index (κ1) is 18.3. The van der Waals surface area contributed by atoms with Gasteiger partial charge in [-0.3, -0.25) is 4.79 Å². The summed E-state index contributed by atoms with van der Waals surface area (Å²) in [6.07, 6.45) is 0.615. The SMILES string of the molecule is COc1ccc(OCCc2nc(CC(=O)O)cs2)c(C(C)(C)C)c1. The Hall–Kier alpha value is -2.08. The third-order valence-electron chi connectivity index (χ3n) is 3.50. The number of ether oxygens (including phenoxy) is 2. The first-order chi connectivity index (χ1) is 11.3. The first-order valence-electron chi connectivity index (χ1n) is 7.76. The average Bonchev–Trinajstić information content (AvgIpc) is 2.93. The van der Waals surface area contributed by atoms with E-state index in [2.05, 4.69) is 25.8 Å². The van der Waals surface area contributed by atoms with Gasteiger partial charge in [-0.15, -0.1) is 11.3 Å². The van der Waals surface area contributed by atoms with Crippen LogP contribution in [0.25, 0.3) is 0 Å². The smallest absolute Gasteiger partial charge is 0.309 e. The Balaban J connectivity index is 2.01. The van der Waals surface area contributed by atoms with Crippen LogP contribution in [0, 0.1) is 0 Å². The lowest BCUT2D eigenvalue weighted by atomic mass is 9.86. The van der Waals surface area contributed by atoms with Crippen LogP contribution in [-0.2, 0) is 23.1 Å². The van der Waals surface area contributed by atoms with E-state index in [-0.39, 0.29) is 11.8 Å². The van der Waals surface area contributed by atoms with E-state index in [1.165, 1.54) is 11.3 Å². The van der Waals surface area contributed by atoms with Crippen molar-refractivity contribution in [3.63, 3.8) is 0 Å². The maximum atomic E-state index is 10.7. The molecule has 1 N–H and O–H groups in total. The number of aliphatic carboxylic acids is 1. The van der Waals surface area contributed by atoms with Crippen molar-refractivity contribution in [2.45, 2.75) is 39.0 Å². The molecule has 0 aliphatic rings. The predicted molar refractivity (Wildman–Crippen MR) is 94.3 cm³/mol. The fraction of sp³-hybridized carbons (Fsp3) is 0.444. The van der Waals surface area contributed by atoms with Gasteiger partial charge in [-0.2, -0.15) is 0 Å². The number of aromatic nitrogens is 1. The average molecular weight is 349 g/mol. The van der Waals surface area contributed by atoms with E-state index in [0.717, 1.165) is 22.1 Å². The number of carbonyl (C=O) groups is 1. The van der Waals surface area contributed by atoms with Crippen LogP contribution >= 0.6 is 11.3 Å². The molecule has 0 atom stereocenters. The Morgan fingerprint density at radius 2 is 2.08 bits per heavy atom. The summed E-state index contributed by atoms with van der Waals surface area (Å²) >= 11 is 1.47. The highest BCUT2D eigenvalue weighted by atomic mass is 32.1. The van der Waals surface area contributed by atoms with E-state index in [1.807, 2.05) is 18.2 Å². The molecule has 0 aliphatic heterocycles. The summed E-state index contributed by atoms with van der Waals surface area (Å²) < 4.78 is 11.3. The Morgan fingerprint density at radius 1 is 1.33 bits per heavy atom. The number of benzene rings is 1. The van der Waals surface area contributed by atoms with Crippen LogP contribution in [0.15, 0.2) is 23.6 Å². The summed E-state index contributed by atoms with van der Waals surface area (Å²) in [6.45, 7) is 6.89. The molecule has 1 aromatic carbocycles. The molecule has 0 spiro atoms. The van der Waals surface area contributed by atoms with Crippen molar-refractivity contribution < 1.29 is 19.4 Å². The largest absolute Gasteiger partial charge is 0.497 e. The monoisotopic (exact) mass is 349 g/mol. The van der Waals surface area contributed by atoms with Crippen LogP contribution in [0.2, 0.25) is 0 Å². The lowest BCUT2D eigenvalue weighted by Gasteiger charge is -2.23. The third kappa shape index (κ3) is 4.96. The van der Waals surface area contributed by atoms with Crippen LogP contribution in [0.5, 0.6) is 11.5 Å². The van der Waals surface area contributed by atoms with Crippen molar-refractivity contribution >= 4 is 17.3 Å². The van der Waals surface area contributed by atoms with Crippen molar-refractivity contribution in [3.8, 4) is 11.5 Å². The second kappa shape index (κ2) is 7.66. The Kier molecular flexibility index (Phi) is 5.83. The molecule has 5 nitrogen and oxygen atoms in total. The molecule has 130 valence electrons. The van der Waals surface area contributed by atoms with Crippen LogP contribution in [-0.4, -0.2) is 29.8 Å². The highest BCUT2D eigenvalue weighted by molar-refractivity contribution is 7.09. The minimum Gasteiger partial charge on any atom is -0.497 e. The number of rotatable bonds is 7. The van der Waals surface area contributed by atoms with E-state index in [9.17, 15) is 4.79 Å². The van der Waals surface area contributed by atoms with Crippen LogP contribution in [0.4, 0.5) is 0 Å². The van der Waals surface area contributed by atoms with Gasteiger partial charge in [-0.05, 0) is 23.6 Å². The molecule has 0 radical (unpaired) electrons. The number of carboxylic acids is 1. The maximum Gasteiger partial charge on any atom is 0.309 e. The topological polar surface area (TPSA) is 68.7 Å². The highest BCUT2D eigenvalue weighted by Crippen LogP contribution is 2.34. The summed E-state index contributed by atoms with van der Waals surface area (Å²) in [5, 5.41) is 11.5. The molecule has 1 heterocycles. The molecule has 0 bridgehead atoms. The molecule has 0 saturated carbocycles. The highest BCUT2D eigenvalue weighted by Gasteiger charge is 2.20. The standard InChI is InChI=1S/C18H23NO4S/c1-18(2,3)14-10-13(22-4)5-6-15(14)23-8-7-16-19-12(11-24-16)9-17(20)21/h5-6,10-11H,7-9H2,1-4H3,(H,20,21).